The normalized spacial score (nSPS) is 10.3. The lowest BCUT2D eigenvalue weighted by Crippen LogP contribution is -2.22. The molecule has 1 N–H and O–H groups in total. The lowest BCUT2D eigenvalue weighted by atomic mass is 10.1. The number of amides is 1. The van der Waals surface area contributed by atoms with Crippen LogP contribution in [-0.4, -0.2) is 5.91 Å². The molecule has 0 heterocycles. The number of rotatable bonds is 3. The Hall–Kier alpha value is -1.68. The molecular formula is C15H13BrFNO. The fraction of sp³-hybridized carbons (Fsp3) is 0.133. The van der Waals surface area contributed by atoms with Gasteiger partial charge in [-0.1, -0.05) is 28.1 Å². The Bertz CT molecular complexity index is 596. The third kappa shape index (κ3) is 3.64. The van der Waals surface area contributed by atoms with E-state index in [0.29, 0.717) is 17.7 Å². The quantitative estimate of drug-likeness (QED) is 0.914. The van der Waals surface area contributed by atoms with Gasteiger partial charge in [0, 0.05) is 16.6 Å². The molecule has 0 aliphatic carbocycles. The third-order valence-corrected chi connectivity index (χ3v) is 3.32. The molecule has 0 saturated carbocycles. The second kappa shape index (κ2) is 5.97. The molecule has 0 spiro atoms. The van der Waals surface area contributed by atoms with Crippen LogP contribution in [0.25, 0.3) is 0 Å². The van der Waals surface area contributed by atoms with Gasteiger partial charge in [0.15, 0.2) is 0 Å². The van der Waals surface area contributed by atoms with Crippen LogP contribution < -0.4 is 5.32 Å². The van der Waals surface area contributed by atoms with Gasteiger partial charge in [-0.05, 0) is 48.4 Å². The van der Waals surface area contributed by atoms with Gasteiger partial charge in [0.05, 0.1) is 0 Å². The van der Waals surface area contributed by atoms with E-state index < -0.39 is 0 Å². The molecule has 2 aromatic rings. The molecule has 0 aliphatic heterocycles. The smallest absolute Gasteiger partial charge is 0.251 e. The minimum absolute atomic E-state index is 0.173. The number of nitrogens with one attached hydrogen (secondary N) is 1. The molecule has 4 heteroatoms. The van der Waals surface area contributed by atoms with Crippen LogP contribution in [0.5, 0.6) is 0 Å². The topological polar surface area (TPSA) is 29.1 Å². The maximum Gasteiger partial charge on any atom is 0.251 e. The van der Waals surface area contributed by atoms with E-state index in [0.717, 1.165) is 10.0 Å². The Morgan fingerprint density at radius 3 is 2.53 bits per heavy atom. The SMILES string of the molecule is Cc1ccc(CNC(=O)c2ccc(Br)cc2)cc1F. The summed E-state index contributed by atoms with van der Waals surface area (Å²) in [5.41, 5.74) is 1.92. The van der Waals surface area contributed by atoms with Crippen LogP contribution in [-0.2, 0) is 6.54 Å². The van der Waals surface area contributed by atoms with Crippen LogP contribution in [0.1, 0.15) is 21.5 Å². The average molecular weight is 322 g/mol. The molecule has 0 saturated heterocycles. The van der Waals surface area contributed by atoms with Crippen molar-refractivity contribution in [3.8, 4) is 0 Å². The van der Waals surface area contributed by atoms with E-state index in [9.17, 15) is 9.18 Å². The molecule has 98 valence electrons. The minimum Gasteiger partial charge on any atom is -0.348 e. The maximum atomic E-state index is 13.4. The van der Waals surface area contributed by atoms with Gasteiger partial charge in [-0.3, -0.25) is 4.79 Å². The van der Waals surface area contributed by atoms with Gasteiger partial charge in [-0.25, -0.2) is 4.39 Å². The zero-order valence-corrected chi connectivity index (χ0v) is 12.0. The molecule has 0 radical (unpaired) electrons. The predicted molar refractivity (Wildman–Crippen MR) is 76.4 cm³/mol. The fourth-order valence-corrected chi connectivity index (χ4v) is 1.90. The van der Waals surface area contributed by atoms with Crippen LogP contribution in [0.15, 0.2) is 46.9 Å². The molecule has 2 nitrogen and oxygen atoms in total. The number of carbonyl (C=O) groups excluding carboxylic acids is 1. The highest BCUT2D eigenvalue weighted by atomic mass is 79.9. The first kappa shape index (κ1) is 13.7. The monoisotopic (exact) mass is 321 g/mol. The number of carbonyl (C=O) groups is 1. The van der Waals surface area contributed by atoms with Crippen LogP contribution >= 0.6 is 15.9 Å². The Labute approximate surface area is 119 Å². The summed E-state index contributed by atoms with van der Waals surface area (Å²) in [4.78, 5) is 11.9. The highest BCUT2D eigenvalue weighted by Gasteiger charge is 2.05. The van der Waals surface area contributed by atoms with E-state index in [4.69, 9.17) is 0 Å². The summed E-state index contributed by atoms with van der Waals surface area (Å²) >= 11 is 3.31. The molecule has 0 unspecified atom stereocenters. The summed E-state index contributed by atoms with van der Waals surface area (Å²) in [6.07, 6.45) is 0. The Morgan fingerprint density at radius 1 is 1.21 bits per heavy atom. The summed E-state index contributed by atoms with van der Waals surface area (Å²) in [6.45, 7) is 2.02. The van der Waals surface area contributed by atoms with Gasteiger partial charge < -0.3 is 5.32 Å². The number of halogens is 2. The number of hydrogen-bond donors (Lipinski definition) is 1. The molecule has 0 atom stereocenters. The zero-order chi connectivity index (χ0) is 13.8. The number of aryl methyl sites for hydroxylation is 1. The van der Waals surface area contributed by atoms with Gasteiger partial charge >= 0.3 is 0 Å². The van der Waals surface area contributed by atoms with Crippen LogP contribution in [0.2, 0.25) is 0 Å². The van der Waals surface area contributed by atoms with Gasteiger partial charge in [-0.15, -0.1) is 0 Å². The van der Waals surface area contributed by atoms with Crippen molar-refractivity contribution in [3.05, 3.63) is 69.4 Å². The van der Waals surface area contributed by atoms with E-state index >= 15 is 0 Å². The summed E-state index contributed by atoms with van der Waals surface area (Å²) in [7, 11) is 0. The van der Waals surface area contributed by atoms with Crippen molar-refractivity contribution in [2.24, 2.45) is 0 Å². The molecule has 19 heavy (non-hydrogen) atoms. The third-order valence-electron chi connectivity index (χ3n) is 2.80. The first-order chi connectivity index (χ1) is 9.06. The average Bonchev–Trinajstić information content (AvgIpc) is 2.40. The van der Waals surface area contributed by atoms with E-state index in [-0.39, 0.29) is 11.7 Å². The van der Waals surface area contributed by atoms with E-state index in [1.165, 1.54) is 6.07 Å². The van der Waals surface area contributed by atoms with Crippen molar-refractivity contribution in [1.82, 2.24) is 5.32 Å². The molecule has 2 aromatic carbocycles. The molecular weight excluding hydrogens is 309 g/mol. The summed E-state index contributed by atoms with van der Waals surface area (Å²) < 4.78 is 14.3. The Morgan fingerprint density at radius 2 is 1.89 bits per heavy atom. The highest BCUT2D eigenvalue weighted by Crippen LogP contribution is 2.11. The van der Waals surface area contributed by atoms with Gasteiger partial charge in [0.25, 0.3) is 5.91 Å². The summed E-state index contributed by atoms with van der Waals surface area (Å²) in [5.74, 6) is -0.427. The zero-order valence-electron chi connectivity index (χ0n) is 10.4. The van der Waals surface area contributed by atoms with Gasteiger partial charge in [0.1, 0.15) is 5.82 Å². The molecule has 0 aromatic heterocycles. The Balaban J connectivity index is 2.00. The largest absolute Gasteiger partial charge is 0.348 e. The second-order valence-corrected chi connectivity index (χ2v) is 5.19. The van der Waals surface area contributed by atoms with E-state index in [1.54, 1.807) is 43.3 Å². The number of benzene rings is 2. The molecule has 0 bridgehead atoms. The fourth-order valence-electron chi connectivity index (χ4n) is 1.63. The van der Waals surface area contributed by atoms with Crippen molar-refractivity contribution < 1.29 is 9.18 Å². The molecule has 0 fully saturated rings. The van der Waals surface area contributed by atoms with Crippen molar-refractivity contribution in [2.75, 3.05) is 0 Å². The minimum atomic E-state index is -0.254. The van der Waals surface area contributed by atoms with E-state index in [2.05, 4.69) is 21.2 Å². The van der Waals surface area contributed by atoms with Gasteiger partial charge in [-0.2, -0.15) is 0 Å². The summed E-state index contributed by atoms with van der Waals surface area (Å²) in [5, 5.41) is 2.76. The van der Waals surface area contributed by atoms with Crippen LogP contribution in [0.4, 0.5) is 4.39 Å². The Kier molecular flexibility index (Phi) is 4.32. The first-order valence-electron chi connectivity index (χ1n) is 5.85. The molecule has 0 aliphatic rings. The maximum absolute atomic E-state index is 13.4. The second-order valence-electron chi connectivity index (χ2n) is 4.27. The first-order valence-corrected chi connectivity index (χ1v) is 6.64. The van der Waals surface area contributed by atoms with Gasteiger partial charge in [0.2, 0.25) is 0 Å². The highest BCUT2D eigenvalue weighted by molar-refractivity contribution is 9.10. The predicted octanol–water partition coefficient (Wildman–Crippen LogP) is 3.83. The van der Waals surface area contributed by atoms with Crippen molar-refractivity contribution in [3.63, 3.8) is 0 Å². The standard InChI is InChI=1S/C15H13BrFNO/c1-10-2-3-11(8-14(10)17)9-18-15(19)12-4-6-13(16)7-5-12/h2-8H,9H2,1H3,(H,18,19). The molecule has 1 amide bonds. The molecule has 2 rings (SSSR count). The van der Waals surface area contributed by atoms with Crippen LogP contribution in [0, 0.1) is 12.7 Å². The van der Waals surface area contributed by atoms with Crippen LogP contribution in [0.3, 0.4) is 0 Å². The van der Waals surface area contributed by atoms with Crippen molar-refractivity contribution in [2.45, 2.75) is 13.5 Å². The summed E-state index contributed by atoms with van der Waals surface area (Å²) in [6, 6.07) is 12.0. The van der Waals surface area contributed by atoms with Crippen molar-refractivity contribution >= 4 is 21.8 Å². The lowest BCUT2D eigenvalue weighted by molar-refractivity contribution is 0.0951. The lowest BCUT2D eigenvalue weighted by Gasteiger charge is -2.06. The van der Waals surface area contributed by atoms with E-state index in [1.807, 2.05) is 0 Å². The van der Waals surface area contributed by atoms with Crippen molar-refractivity contribution in [1.29, 1.82) is 0 Å². The number of hydrogen-bond acceptors (Lipinski definition) is 1.